The highest BCUT2D eigenvalue weighted by molar-refractivity contribution is 7.99. The molecule has 2 heterocycles. The number of thiazole rings is 1. The van der Waals surface area contributed by atoms with Crippen molar-refractivity contribution < 1.29 is 28.5 Å². The van der Waals surface area contributed by atoms with Gasteiger partial charge in [-0.3, -0.25) is 9.59 Å². The second-order valence-corrected chi connectivity index (χ2v) is 8.68. The number of carbonyl (C=O) groups excluding carboxylic acids is 2. The van der Waals surface area contributed by atoms with Crippen molar-refractivity contribution in [2.24, 2.45) is 4.99 Å². The van der Waals surface area contributed by atoms with E-state index in [9.17, 15) is 9.59 Å². The smallest absolute Gasteiger partial charge is 0.325 e. The minimum atomic E-state index is -0.429. The lowest BCUT2D eigenvalue weighted by Gasteiger charge is -2.04. The molecule has 1 aromatic heterocycles. The number of esters is 1. The minimum absolute atomic E-state index is 0.0527. The van der Waals surface area contributed by atoms with Crippen molar-refractivity contribution in [1.29, 1.82) is 0 Å². The molecule has 1 aliphatic rings. The van der Waals surface area contributed by atoms with Gasteiger partial charge in [-0.2, -0.15) is 4.99 Å². The Labute approximate surface area is 186 Å². The number of thioether (sulfide) groups is 1. The molecule has 31 heavy (non-hydrogen) atoms. The fourth-order valence-electron chi connectivity index (χ4n) is 2.98. The van der Waals surface area contributed by atoms with Crippen LogP contribution in [0.5, 0.6) is 17.2 Å². The first-order chi connectivity index (χ1) is 15.1. The zero-order valence-electron chi connectivity index (χ0n) is 17.0. The molecule has 3 aromatic rings. The third-order valence-electron chi connectivity index (χ3n) is 4.56. The molecule has 1 aliphatic heterocycles. The zero-order valence-corrected chi connectivity index (χ0v) is 18.6. The highest BCUT2D eigenvalue weighted by atomic mass is 32.2. The number of methoxy groups -OCH3 is 2. The summed E-state index contributed by atoms with van der Waals surface area (Å²) in [6, 6.07) is 11.3. The van der Waals surface area contributed by atoms with Gasteiger partial charge in [0.1, 0.15) is 12.3 Å². The lowest BCUT2D eigenvalue weighted by Crippen LogP contribution is -2.22. The number of rotatable bonds is 7. The highest BCUT2D eigenvalue weighted by Crippen LogP contribution is 2.37. The maximum Gasteiger partial charge on any atom is 0.325 e. The molecule has 0 aliphatic carbocycles. The summed E-state index contributed by atoms with van der Waals surface area (Å²) in [5.41, 5.74) is 0.735. The summed E-state index contributed by atoms with van der Waals surface area (Å²) in [5.74, 6) is 1.92. The molecule has 0 radical (unpaired) electrons. The Bertz CT molecular complexity index is 1180. The molecule has 0 fully saturated rings. The predicted octanol–water partition coefficient (Wildman–Crippen LogP) is 3.22. The molecule has 0 unspecified atom stereocenters. The van der Waals surface area contributed by atoms with Gasteiger partial charge in [-0.1, -0.05) is 11.3 Å². The van der Waals surface area contributed by atoms with Gasteiger partial charge in [0, 0.05) is 29.2 Å². The normalized spacial score (nSPS) is 12.9. The highest BCUT2D eigenvalue weighted by Gasteiger charge is 2.19. The quantitative estimate of drug-likeness (QED) is 0.395. The molecular weight excluding hydrogens is 440 g/mol. The van der Waals surface area contributed by atoms with Gasteiger partial charge in [0.2, 0.25) is 12.7 Å². The van der Waals surface area contributed by atoms with Crippen LogP contribution in [0.4, 0.5) is 0 Å². The van der Waals surface area contributed by atoms with E-state index in [0.717, 1.165) is 20.9 Å². The first-order valence-corrected chi connectivity index (χ1v) is 11.2. The third-order valence-corrected chi connectivity index (χ3v) is 6.61. The number of nitrogens with zero attached hydrogens (tertiary/aromatic N) is 2. The van der Waals surface area contributed by atoms with E-state index in [4.69, 9.17) is 18.9 Å². The van der Waals surface area contributed by atoms with E-state index in [2.05, 4.69) is 4.99 Å². The number of carbonyl (C=O) groups is 2. The Kier molecular flexibility index (Phi) is 6.47. The van der Waals surface area contributed by atoms with Gasteiger partial charge < -0.3 is 23.5 Å². The first-order valence-electron chi connectivity index (χ1n) is 9.41. The molecule has 2 aromatic carbocycles. The van der Waals surface area contributed by atoms with E-state index in [-0.39, 0.29) is 25.7 Å². The number of ether oxygens (including phenoxy) is 4. The fourth-order valence-corrected chi connectivity index (χ4v) is 4.88. The molecular formula is C21H20N2O6S2. The van der Waals surface area contributed by atoms with Gasteiger partial charge in [-0.25, -0.2) is 0 Å². The van der Waals surface area contributed by atoms with E-state index in [1.54, 1.807) is 29.5 Å². The molecule has 4 rings (SSSR count). The monoisotopic (exact) mass is 460 g/mol. The summed E-state index contributed by atoms with van der Waals surface area (Å²) in [6.07, 6.45) is 0.270. The van der Waals surface area contributed by atoms with Crippen molar-refractivity contribution in [3.63, 3.8) is 0 Å². The molecule has 8 nitrogen and oxygen atoms in total. The van der Waals surface area contributed by atoms with Gasteiger partial charge in [0.25, 0.3) is 0 Å². The Morgan fingerprint density at radius 1 is 1.16 bits per heavy atom. The van der Waals surface area contributed by atoms with Gasteiger partial charge in [-0.15, -0.1) is 11.8 Å². The molecule has 0 spiro atoms. The van der Waals surface area contributed by atoms with Gasteiger partial charge in [0.15, 0.2) is 16.3 Å². The van der Waals surface area contributed by atoms with E-state index < -0.39 is 5.97 Å². The molecule has 0 saturated heterocycles. The lowest BCUT2D eigenvalue weighted by atomic mass is 10.3. The topological polar surface area (TPSA) is 88.4 Å². The Morgan fingerprint density at radius 2 is 1.90 bits per heavy atom. The number of aromatic nitrogens is 1. The third kappa shape index (κ3) is 4.86. The van der Waals surface area contributed by atoms with Crippen molar-refractivity contribution in [1.82, 2.24) is 4.57 Å². The van der Waals surface area contributed by atoms with Crippen LogP contribution in [-0.2, 0) is 20.9 Å². The summed E-state index contributed by atoms with van der Waals surface area (Å²) >= 11 is 2.89. The molecule has 0 N–H and O–H groups in total. The Hall–Kier alpha value is -2.98. The average Bonchev–Trinajstić information content (AvgIpc) is 3.36. The average molecular weight is 461 g/mol. The number of benzene rings is 2. The van der Waals surface area contributed by atoms with E-state index in [1.165, 1.54) is 18.4 Å². The number of fused-ring (bicyclic) bond motifs is 2. The van der Waals surface area contributed by atoms with Crippen molar-refractivity contribution in [3.05, 3.63) is 41.2 Å². The number of hydrogen-bond donors (Lipinski definition) is 0. The summed E-state index contributed by atoms with van der Waals surface area (Å²) < 4.78 is 23.3. The van der Waals surface area contributed by atoms with E-state index >= 15 is 0 Å². The zero-order chi connectivity index (χ0) is 21.8. The van der Waals surface area contributed by atoms with Crippen molar-refractivity contribution in [2.45, 2.75) is 17.9 Å². The number of hydrogen-bond acceptors (Lipinski definition) is 8. The maximum atomic E-state index is 12.5. The molecule has 10 heteroatoms. The van der Waals surface area contributed by atoms with Crippen LogP contribution in [0, 0.1) is 0 Å². The molecule has 0 bridgehead atoms. The van der Waals surface area contributed by atoms with E-state index in [1.807, 2.05) is 30.3 Å². The molecule has 0 atom stereocenters. The first kappa shape index (κ1) is 21.3. The van der Waals surface area contributed by atoms with Crippen LogP contribution in [0.25, 0.3) is 10.2 Å². The SMILES string of the molecule is COC(=O)Cn1c(=NC(=O)CCSc2ccc(OC)cc2)sc2cc3c(cc21)OCO3. The van der Waals surface area contributed by atoms with Crippen LogP contribution >= 0.6 is 23.1 Å². The summed E-state index contributed by atoms with van der Waals surface area (Å²) in [6.45, 7) is 0.105. The molecule has 0 saturated carbocycles. The Balaban J connectivity index is 1.54. The Morgan fingerprint density at radius 3 is 2.61 bits per heavy atom. The van der Waals surface area contributed by atoms with Crippen LogP contribution in [0.2, 0.25) is 0 Å². The minimum Gasteiger partial charge on any atom is -0.497 e. The lowest BCUT2D eigenvalue weighted by molar-refractivity contribution is -0.141. The second kappa shape index (κ2) is 9.44. The van der Waals surface area contributed by atoms with Gasteiger partial charge in [0.05, 0.1) is 24.4 Å². The van der Waals surface area contributed by atoms with Gasteiger partial charge >= 0.3 is 5.97 Å². The van der Waals surface area contributed by atoms with Crippen molar-refractivity contribution >= 4 is 45.2 Å². The van der Waals surface area contributed by atoms with Crippen LogP contribution < -0.4 is 19.0 Å². The van der Waals surface area contributed by atoms with Crippen LogP contribution in [0.15, 0.2) is 46.3 Å². The molecule has 1 amide bonds. The summed E-state index contributed by atoms with van der Waals surface area (Å²) in [4.78, 5) is 30.2. The largest absolute Gasteiger partial charge is 0.497 e. The van der Waals surface area contributed by atoms with Crippen LogP contribution in [0.1, 0.15) is 6.42 Å². The van der Waals surface area contributed by atoms with Gasteiger partial charge in [-0.05, 0) is 24.3 Å². The summed E-state index contributed by atoms with van der Waals surface area (Å²) in [7, 11) is 2.95. The predicted molar refractivity (Wildman–Crippen MR) is 117 cm³/mol. The second-order valence-electron chi connectivity index (χ2n) is 6.50. The van der Waals surface area contributed by atoms with Crippen LogP contribution in [-0.4, -0.2) is 43.2 Å². The number of amides is 1. The van der Waals surface area contributed by atoms with Crippen LogP contribution in [0.3, 0.4) is 0 Å². The van der Waals surface area contributed by atoms with E-state index in [0.29, 0.717) is 22.1 Å². The fraction of sp³-hybridized carbons (Fsp3) is 0.286. The van der Waals surface area contributed by atoms with Crippen molar-refractivity contribution in [2.75, 3.05) is 26.8 Å². The maximum absolute atomic E-state index is 12.5. The summed E-state index contributed by atoms with van der Waals surface area (Å²) in [5, 5.41) is 0. The standard InChI is InChI=1S/C21H20N2O6S2/c1-26-13-3-5-14(6-4-13)30-8-7-19(24)22-21-23(11-20(25)27-2)15-9-16-17(29-12-28-16)10-18(15)31-21/h3-6,9-10H,7-8,11-12H2,1-2H3. The van der Waals surface area contributed by atoms with Crippen molar-refractivity contribution in [3.8, 4) is 17.2 Å². The molecule has 162 valence electrons.